The Morgan fingerprint density at radius 2 is 2.03 bits per heavy atom. The van der Waals surface area contributed by atoms with Crippen LogP contribution >= 0.6 is 0 Å². The molecular formula is C26H26FN5O6. The average Bonchev–Trinajstić information content (AvgIpc) is 3.22. The van der Waals surface area contributed by atoms with Gasteiger partial charge in [-0.15, -0.1) is 0 Å². The van der Waals surface area contributed by atoms with Crippen molar-refractivity contribution in [3.63, 3.8) is 0 Å². The number of nitrogens with zero attached hydrogens (tertiary/aromatic N) is 3. The number of fused-ring (bicyclic) bond motifs is 4. The summed E-state index contributed by atoms with van der Waals surface area (Å²) >= 11 is 0. The van der Waals surface area contributed by atoms with E-state index in [4.69, 9.17) is 9.47 Å². The number of carbonyl (C=O) groups is 1. The first-order chi connectivity index (χ1) is 18.2. The fourth-order valence-corrected chi connectivity index (χ4v) is 6.51. The Labute approximate surface area is 215 Å². The Kier molecular flexibility index (Phi) is 4.92. The van der Waals surface area contributed by atoms with Gasteiger partial charge in [0.05, 0.1) is 41.7 Å². The first-order valence-electron chi connectivity index (χ1n) is 12.6. The van der Waals surface area contributed by atoms with E-state index in [1.807, 2.05) is 0 Å². The topological polar surface area (TPSA) is 148 Å². The average molecular weight is 524 g/mol. The van der Waals surface area contributed by atoms with Crippen molar-refractivity contribution >= 4 is 22.8 Å². The van der Waals surface area contributed by atoms with Gasteiger partial charge in [-0.3, -0.25) is 14.6 Å². The molecule has 1 atom stereocenters. The van der Waals surface area contributed by atoms with Crippen LogP contribution in [0.3, 0.4) is 0 Å². The van der Waals surface area contributed by atoms with Gasteiger partial charge in [-0.2, -0.15) is 0 Å². The predicted molar refractivity (Wildman–Crippen MR) is 131 cm³/mol. The molecule has 11 nitrogen and oxygen atoms in total. The molecule has 1 aliphatic carbocycles. The van der Waals surface area contributed by atoms with Gasteiger partial charge in [0.1, 0.15) is 17.2 Å². The normalized spacial score (nSPS) is 29.3. The maximum atomic E-state index is 15.0. The van der Waals surface area contributed by atoms with Crippen molar-refractivity contribution in [2.75, 3.05) is 18.5 Å². The summed E-state index contributed by atoms with van der Waals surface area (Å²) in [6, 6.07) is 4.38. The molecule has 2 saturated heterocycles. The van der Waals surface area contributed by atoms with E-state index in [1.165, 1.54) is 16.7 Å². The highest BCUT2D eigenvalue weighted by molar-refractivity contribution is 5.94. The highest BCUT2D eigenvalue weighted by Gasteiger charge is 2.55. The third-order valence-corrected chi connectivity index (χ3v) is 8.52. The molecule has 1 saturated carbocycles. The number of hydrogen-bond donors (Lipinski definition) is 4. The number of nitrogens with one attached hydrogen (secondary N) is 2. The number of rotatable bonds is 5. The minimum absolute atomic E-state index is 0.0327. The van der Waals surface area contributed by atoms with Gasteiger partial charge in [0.15, 0.2) is 18.2 Å². The first-order valence-corrected chi connectivity index (χ1v) is 12.6. The maximum absolute atomic E-state index is 15.0. The van der Waals surface area contributed by atoms with E-state index in [-0.39, 0.29) is 60.3 Å². The van der Waals surface area contributed by atoms with Gasteiger partial charge in [-0.05, 0) is 31.7 Å². The standard InChI is InChI=1S/C26H26FN5O6/c27-14-8-28-15-1-2-20(35)32-12-26(36,21(14)22(15)32)11-25-5-3-24(4-6-25,13-38-25)29-9-16-17(33)7-18-23(30-16)31-19(34)10-37-18/h1-2,7-8,29,33,36H,3-6,9-13H2,(H,30,31,34)/t24?,25?,26-/m0/s1. The summed E-state index contributed by atoms with van der Waals surface area (Å²) < 4.78 is 28.1. The summed E-state index contributed by atoms with van der Waals surface area (Å²) in [4.78, 5) is 32.6. The zero-order valence-corrected chi connectivity index (χ0v) is 20.4. The molecule has 0 spiro atoms. The summed E-state index contributed by atoms with van der Waals surface area (Å²) in [6.45, 7) is 0.465. The van der Waals surface area contributed by atoms with Crippen molar-refractivity contribution in [3.05, 3.63) is 51.8 Å². The zero-order chi connectivity index (χ0) is 26.3. The minimum Gasteiger partial charge on any atom is -0.506 e. The van der Waals surface area contributed by atoms with Crippen LogP contribution in [-0.4, -0.2) is 55.0 Å². The molecule has 7 heterocycles. The van der Waals surface area contributed by atoms with E-state index < -0.39 is 17.0 Å². The quantitative estimate of drug-likeness (QED) is 0.390. The van der Waals surface area contributed by atoms with Gasteiger partial charge in [0, 0.05) is 36.2 Å². The lowest BCUT2D eigenvalue weighted by molar-refractivity contribution is -0.192. The van der Waals surface area contributed by atoms with Crippen LogP contribution in [0.2, 0.25) is 0 Å². The lowest BCUT2D eigenvalue weighted by atomic mass is 9.67. The van der Waals surface area contributed by atoms with Crippen molar-refractivity contribution < 1.29 is 28.9 Å². The molecule has 38 heavy (non-hydrogen) atoms. The Morgan fingerprint density at radius 1 is 1.21 bits per heavy atom. The number of aromatic nitrogens is 3. The molecule has 5 aliphatic rings. The number of pyridine rings is 3. The van der Waals surface area contributed by atoms with Crippen LogP contribution in [0.4, 0.5) is 10.2 Å². The van der Waals surface area contributed by atoms with E-state index >= 15 is 4.39 Å². The third kappa shape index (κ3) is 3.51. The van der Waals surface area contributed by atoms with E-state index in [2.05, 4.69) is 20.6 Å². The second-order valence-corrected chi connectivity index (χ2v) is 10.9. The lowest BCUT2D eigenvalue weighted by Crippen LogP contribution is -2.62. The Bertz CT molecular complexity index is 1550. The van der Waals surface area contributed by atoms with Gasteiger partial charge in [0.25, 0.3) is 11.5 Å². The molecule has 198 valence electrons. The fraction of sp³-hybridized carbons (Fsp3) is 0.462. The smallest absolute Gasteiger partial charge is 0.263 e. The number of aliphatic hydroxyl groups is 1. The molecule has 0 unspecified atom stereocenters. The minimum atomic E-state index is -1.59. The molecule has 3 aromatic rings. The SMILES string of the molecule is O=C1COc2cc(O)c(CNC34CCC(C[C@]5(O)Cn6c(=O)ccc7ncc(F)c5c76)(CC3)OC4)nc2N1. The van der Waals surface area contributed by atoms with Crippen molar-refractivity contribution in [2.24, 2.45) is 0 Å². The van der Waals surface area contributed by atoms with Crippen LogP contribution in [0.1, 0.15) is 43.4 Å². The molecule has 12 heteroatoms. The monoisotopic (exact) mass is 523 g/mol. The van der Waals surface area contributed by atoms with Gasteiger partial charge < -0.3 is 34.9 Å². The third-order valence-electron chi connectivity index (χ3n) is 8.52. The highest BCUT2D eigenvalue weighted by atomic mass is 19.1. The van der Waals surface area contributed by atoms with Crippen LogP contribution in [-0.2, 0) is 28.2 Å². The largest absolute Gasteiger partial charge is 0.506 e. The lowest BCUT2D eigenvalue weighted by Gasteiger charge is -2.55. The Balaban J connectivity index is 1.08. The Morgan fingerprint density at radius 3 is 2.79 bits per heavy atom. The molecule has 4 N–H and O–H groups in total. The van der Waals surface area contributed by atoms with Gasteiger partial charge in [-0.25, -0.2) is 9.37 Å². The van der Waals surface area contributed by atoms with Crippen LogP contribution in [0.5, 0.6) is 11.5 Å². The van der Waals surface area contributed by atoms with Crippen LogP contribution < -0.4 is 20.9 Å². The van der Waals surface area contributed by atoms with Gasteiger partial charge in [-0.1, -0.05) is 0 Å². The number of halogens is 1. The van der Waals surface area contributed by atoms with Gasteiger partial charge in [0.2, 0.25) is 0 Å². The fourth-order valence-electron chi connectivity index (χ4n) is 6.51. The molecule has 3 fully saturated rings. The van der Waals surface area contributed by atoms with E-state index in [9.17, 15) is 19.8 Å². The molecule has 1 amide bonds. The van der Waals surface area contributed by atoms with Crippen molar-refractivity contribution in [2.45, 2.75) is 61.9 Å². The summed E-state index contributed by atoms with van der Waals surface area (Å²) in [5, 5.41) is 28.3. The Hall–Kier alpha value is -3.61. The predicted octanol–water partition coefficient (Wildman–Crippen LogP) is 1.43. The van der Waals surface area contributed by atoms with Crippen molar-refractivity contribution in [1.82, 2.24) is 19.9 Å². The zero-order valence-electron chi connectivity index (χ0n) is 20.4. The molecule has 2 bridgehead atoms. The molecular weight excluding hydrogens is 497 g/mol. The van der Waals surface area contributed by atoms with Gasteiger partial charge >= 0.3 is 0 Å². The molecule has 0 radical (unpaired) electrons. The highest BCUT2D eigenvalue weighted by Crippen LogP contribution is 2.51. The summed E-state index contributed by atoms with van der Waals surface area (Å²) in [6.07, 6.45) is 4.03. The number of anilines is 1. The number of aromatic hydroxyl groups is 1. The molecule has 0 aromatic carbocycles. The van der Waals surface area contributed by atoms with Crippen molar-refractivity contribution in [3.8, 4) is 11.5 Å². The number of hydrogen-bond acceptors (Lipinski definition) is 9. The van der Waals surface area contributed by atoms with Crippen LogP contribution in [0.25, 0.3) is 11.0 Å². The number of amides is 1. The van der Waals surface area contributed by atoms with E-state index in [0.717, 1.165) is 19.0 Å². The molecule has 3 aromatic heterocycles. The van der Waals surface area contributed by atoms with Crippen LogP contribution in [0, 0.1) is 5.82 Å². The summed E-state index contributed by atoms with van der Waals surface area (Å²) in [7, 11) is 0. The van der Waals surface area contributed by atoms with Crippen LogP contribution in [0.15, 0.2) is 29.2 Å². The first kappa shape index (κ1) is 23.5. The maximum Gasteiger partial charge on any atom is 0.263 e. The number of ether oxygens (including phenoxy) is 2. The summed E-state index contributed by atoms with van der Waals surface area (Å²) in [5.74, 6) is -0.367. The molecule has 8 rings (SSSR count). The summed E-state index contributed by atoms with van der Waals surface area (Å²) in [5.41, 5.74) is -1.58. The molecule has 4 aliphatic heterocycles. The van der Waals surface area contributed by atoms with E-state index in [1.54, 1.807) is 6.07 Å². The number of carbonyl (C=O) groups excluding carboxylic acids is 1. The second-order valence-electron chi connectivity index (χ2n) is 10.9. The second kappa shape index (κ2) is 7.95. The van der Waals surface area contributed by atoms with E-state index in [0.29, 0.717) is 41.9 Å². The van der Waals surface area contributed by atoms with Crippen molar-refractivity contribution in [1.29, 1.82) is 0 Å².